The lowest BCUT2D eigenvalue weighted by Gasteiger charge is -2.37. The molecule has 1 atom stereocenters. The van der Waals surface area contributed by atoms with Crippen LogP contribution in [0.1, 0.15) is 37.4 Å². The highest BCUT2D eigenvalue weighted by Gasteiger charge is 2.40. The van der Waals surface area contributed by atoms with Gasteiger partial charge in [-0.05, 0) is 47.9 Å². The molecule has 5 rings (SSSR count). The fraction of sp³-hybridized carbons (Fsp3) is 0.217. The van der Waals surface area contributed by atoms with Crippen LogP contribution in [0.25, 0.3) is 10.8 Å². The molecule has 134 valence electrons. The number of nitrogens with zero attached hydrogens (tertiary/aromatic N) is 1. The average molecular weight is 357 g/mol. The minimum absolute atomic E-state index is 0.0140. The van der Waals surface area contributed by atoms with Crippen LogP contribution in [-0.2, 0) is 9.59 Å². The fourth-order valence-electron chi connectivity index (χ4n) is 4.34. The Morgan fingerprint density at radius 2 is 1.78 bits per heavy atom. The van der Waals surface area contributed by atoms with Crippen LogP contribution in [0.2, 0.25) is 0 Å². The van der Waals surface area contributed by atoms with Gasteiger partial charge >= 0.3 is 0 Å². The minimum atomic E-state index is -0.271. The molecule has 4 heteroatoms. The van der Waals surface area contributed by atoms with Gasteiger partial charge in [-0.3, -0.25) is 14.5 Å². The lowest BCUT2D eigenvalue weighted by atomic mass is 9.79. The molecule has 1 amide bonds. The molecule has 0 spiro atoms. The zero-order valence-electron chi connectivity index (χ0n) is 14.9. The van der Waals surface area contributed by atoms with E-state index >= 15 is 0 Å². The van der Waals surface area contributed by atoms with Gasteiger partial charge < -0.3 is 4.42 Å². The smallest absolute Gasteiger partial charge is 0.232 e. The zero-order valence-corrected chi connectivity index (χ0v) is 14.9. The number of benzene rings is 2. The molecule has 3 aromatic rings. The molecule has 1 aromatic heterocycles. The van der Waals surface area contributed by atoms with Crippen molar-refractivity contribution in [3.8, 4) is 0 Å². The van der Waals surface area contributed by atoms with Crippen molar-refractivity contribution in [1.82, 2.24) is 0 Å². The van der Waals surface area contributed by atoms with Crippen LogP contribution in [-0.4, -0.2) is 11.7 Å². The molecule has 2 aliphatic rings. The van der Waals surface area contributed by atoms with Gasteiger partial charge in [0.05, 0.1) is 12.2 Å². The molecular formula is C23H19NO3. The number of hydrogen-bond acceptors (Lipinski definition) is 3. The summed E-state index contributed by atoms with van der Waals surface area (Å²) in [6, 6.07) is 17.8. The number of rotatable bonds is 2. The van der Waals surface area contributed by atoms with E-state index in [1.54, 1.807) is 11.2 Å². The Hall–Kier alpha value is -3.14. The second-order valence-electron chi connectivity index (χ2n) is 7.17. The third-order valence-electron chi connectivity index (χ3n) is 5.55. The van der Waals surface area contributed by atoms with E-state index in [1.165, 1.54) is 0 Å². The first-order valence-corrected chi connectivity index (χ1v) is 9.34. The SMILES string of the molecule is O=C1CCCC2=C1C(c1ccco1)CC(=O)N2c1ccc2ccccc2c1. The first-order valence-electron chi connectivity index (χ1n) is 9.34. The van der Waals surface area contributed by atoms with Crippen molar-refractivity contribution in [3.63, 3.8) is 0 Å². The van der Waals surface area contributed by atoms with Gasteiger partial charge in [0.15, 0.2) is 5.78 Å². The first kappa shape index (κ1) is 16.1. The lowest BCUT2D eigenvalue weighted by molar-refractivity contribution is -0.120. The minimum Gasteiger partial charge on any atom is -0.469 e. The largest absolute Gasteiger partial charge is 0.469 e. The summed E-state index contributed by atoms with van der Waals surface area (Å²) in [7, 11) is 0. The summed E-state index contributed by atoms with van der Waals surface area (Å²) in [6.45, 7) is 0. The number of furan rings is 1. The van der Waals surface area contributed by atoms with Gasteiger partial charge in [-0.1, -0.05) is 30.3 Å². The molecular weight excluding hydrogens is 338 g/mol. The maximum absolute atomic E-state index is 13.1. The van der Waals surface area contributed by atoms with Crippen molar-refractivity contribution in [2.75, 3.05) is 4.90 Å². The van der Waals surface area contributed by atoms with Crippen LogP contribution in [0.4, 0.5) is 5.69 Å². The molecule has 0 saturated carbocycles. The van der Waals surface area contributed by atoms with Crippen molar-refractivity contribution >= 4 is 28.2 Å². The number of hydrogen-bond donors (Lipinski definition) is 0. The van der Waals surface area contributed by atoms with Gasteiger partial charge in [0, 0.05) is 29.8 Å². The van der Waals surface area contributed by atoms with E-state index in [0.717, 1.165) is 40.6 Å². The summed E-state index contributed by atoms with van der Waals surface area (Å²) >= 11 is 0. The van der Waals surface area contributed by atoms with Gasteiger partial charge in [-0.2, -0.15) is 0 Å². The monoisotopic (exact) mass is 357 g/mol. The highest BCUT2D eigenvalue weighted by atomic mass is 16.3. The molecule has 1 aliphatic carbocycles. The highest BCUT2D eigenvalue weighted by molar-refractivity contribution is 6.08. The van der Waals surface area contributed by atoms with E-state index in [-0.39, 0.29) is 24.0 Å². The van der Waals surface area contributed by atoms with Crippen LogP contribution in [0.5, 0.6) is 0 Å². The van der Waals surface area contributed by atoms with Crippen LogP contribution < -0.4 is 4.90 Å². The number of allylic oxidation sites excluding steroid dienone is 2. The predicted octanol–water partition coefficient (Wildman–Crippen LogP) is 4.96. The molecule has 1 unspecified atom stereocenters. The van der Waals surface area contributed by atoms with E-state index in [9.17, 15) is 9.59 Å². The number of ketones is 1. The Morgan fingerprint density at radius 1 is 0.926 bits per heavy atom. The second-order valence-corrected chi connectivity index (χ2v) is 7.17. The Morgan fingerprint density at radius 3 is 2.59 bits per heavy atom. The molecule has 2 aromatic carbocycles. The molecule has 0 saturated heterocycles. The van der Waals surface area contributed by atoms with Crippen LogP contribution in [0.3, 0.4) is 0 Å². The maximum Gasteiger partial charge on any atom is 0.232 e. The third-order valence-corrected chi connectivity index (χ3v) is 5.55. The summed E-state index contributed by atoms with van der Waals surface area (Å²) in [4.78, 5) is 27.7. The molecule has 27 heavy (non-hydrogen) atoms. The van der Waals surface area contributed by atoms with Crippen molar-refractivity contribution in [2.45, 2.75) is 31.6 Å². The number of carbonyl (C=O) groups is 2. The summed E-state index contributed by atoms with van der Waals surface area (Å²) in [5, 5.41) is 2.22. The Labute approximate surface area is 157 Å². The fourth-order valence-corrected chi connectivity index (χ4v) is 4.34. The van der Waals surface area contributed by atoms with E-state index in [4.69, 9.17) is 4.42 Å². The molecule has 0 fully saturated rings. The summed E-state index contributed by atoms with van der Waals surface area (Å²) in [5.74, 6) is 0.576. The average Bonchev–Trinajstić information content (AvgIpc) is 3.22. The number of amides is 1. The van der Waals surface area contributed by atoms with Gasteiger partial charge in [0.2, 0.25) is 5.91 Å². The van der Waals surface area contributed by atoms with E-state index in [2.05, 4.69) is 6.07 Å². The standard InChI is InChI=1S/C23H19NO3/c25-20-8-3-7-19-23(20)18(21-9-4-12-27-21)14-22(26)24(19)17-11-10-15-5-1-2-6-16(15)13-17/h1-2,4-6,9-13,18H,3,7-8,14H2. The van der Waals surface area contributed by atoms with Crippen molar-refractivity contribution < 1.29 is 14.0 Å². The Kier molecular flexibility index (Phi) is 3.71. The van der Waals surface area contributed by atoms with Crippen molar-refractivity contribution in [1.29, 1.82) is 0 Å². The number of fused-ring (bicyclic) bond motifs is 1. The van der Waals surface area contributed by atoms with Crippen LogP contribution >= 0.6 is 0 Å². The van der Waals surface area contributed by atoms with Gasteiger partial charge in [-0.25, -0.2) is 0 Å². The molecule has 2 heterocycles. The zero-order chi connectivity index (χ0) is 18.4. The summed E-state index contributed by atoms with van der Waals surface area (Å²) < 4.78 is 5.56. The Balaban J connectivity index is 1.67. The van der Waals surface area contributed by atoms with Gasteiger partial charge in [-0.15, -0.1) is 0 Å². The maximum atomic E-state index is 13.1. The van der Waals surface area contributed by atoms with Gasteiger partial charge in [0.25, 0.3) is 0 Å². The lowest BCUT2D eigenvalue weighted by Crippen LogP contribution is -2.40. The molecule has 0 radical (unpaired) electrons. The van der Waals surface area contributed by atoms with E-state index in [1.807, 2.05) is 48.5 Å². The van der Waals surface area contributed by atoms with E-state index < -0.39 is 0 Å². The normalized spacial score (nSPS) is 20.3. The number of carbonyl (C=O) groups excluding carboxylic acids is 2. The highest BCUT2D eigenvalue weighted by Crippen LogP contribution is 2.43. The first-order chi connectivity index (χ1) is 13.2. The molecule has 0 bridgehead atoms. The summed E-state index contributed by atoms with van der Waals surface area (Å²) in [5.41, 5.74) is 2.43. The molecule has 1 aliphatic heterocycles. The number of anilines is 1. The van der Waals surface area contributed by atoms with Crippen LogP contribution in [0, 0.1) is 0 Å². The Bertz CT molecular complexity index is 1080. The van der Waals surface area contributed by atoms with Crippen molar-refractivity contribution in [3.05, 3.63) is 77.9 Å². The molecule has 4 nitrogen and oxygen atoms in total. The quantitative estimate of drug-likeness (QED) is 0.651. The van der Waals surface area contributed by atoms with Crippen LogP contribution in [0.15, 0.2) is 76.5 Å². The number of Topliss-reactive ketones (excluding diaryl/α,β-unsaturated/α-hetero) is 1. The van der Waals surface area contributed by atoms with Gasteiger partial charge in [0.1, 0.15) is 5.76 Å². The second kappa shape index (κ2) is 6.23. The topological polar surface area (TPSA) is 50.5 Å². The molecule has 0 N–H and O–H groups in total. The summed E-state index contributed by atoms with van der Waals surface area (Å²) in [6.07, 6.45) is 3.90. The predicted molar refractivity (Wildman–Crippen MR) is 103 cm³/mol. The third kappa shape index (κ3) is 2.60. The van der Waals surface area contributed by atoms with E-state index in [0.29, 0.717) is 12.2 Å². The van der Waals surface area contributed by atoms with Crippen molar-refractivity contribution in [2.24, 2.45) is 0 Å².